The third-order valence-electron chi connectivity index (χ3n) is 3.98. The lowest BCUT2D eigenvalue weighted by atomic mass is 9.98. The van der Waals surface area contributed by atoms with Crippen LogP contribution in [0.4, 0.5) is 0 Å². The summed E-state index contributed by atoms with van der Waals surface area (Å²) < 4.78 is 6.01. The molecule has 1 aliphatic heterocycles. The monoisotopic (exact) mass is 302 g/mol. The molecule has 0 spiro atoms. The molecule has 0 amide bonds. The predicted molar refractivity (Wildman–Crippen MR) is 85.6 cm³/mol. The van der Waals surface area contributed by atoms with Crippen LogP contribution in [-0.4, -0.2) is 12.1 Å². The fourth-order valence-electron chi connectivity index (χ4n) is 2.79. The van der Waals surface area contributed by atoms with Crippen molar-refractivity contribution in [1.29, 1.82) is 0 Å². The van der Waals surface area contributed by atoms with E-state index in [0.29, 0.717) is 0 Å². The maximum atomic E-state index is 6.32. The largest absolute Gasteiger partial charge is 0.488 e. The van der Waals surface area contributed by atoms with E-state index < -0.39 is 0 Å². The summed E-state index contributed by atoms with van der Waals surface area (Å²) in [5.41, 5.74) is 6.37. The standard InChI is InChI=1S/C17H19ClN2O/c1-11-6-7-12(14(18)8-11)9-15(20-19)17-10-13-4-2-3-5-16(13)21-17/h2-8,15,17,20H,9-10,19H2,1H3. The van der Waals surface area contributed by atoms with Crippen molar-refractivity contribution >= 4 is 11.6 Å². The number of hydrazine groups is 1. The molecule has 1 aliphatic rings. The third kappa shape index (κ3) is 3.05. The highest BCUT2D eigenvalue weighted by molar-refractivity contribution is 6.31. The predicted octanol–water partition coefficient (Wildman–Crippen LogP) is 3.03. The van der Waals surface area contributed by atoms with Crippen LogP contribution in [-0.2, 0) is 12.8 Å². The van der Waals surface area contributed by atoms with Gasteiger partial charge in [0.2, 0.25) is 0 Å². The van der Waals surface area contributed by atoms with Gasteiger partial charge in [-0.15, -0.1) is 0 Å². The second-order valence-corrected chi connectivity index (χ2v) is 5.95. The van der Waals surface area contributed by atoms with Gasteiger partial charge in [0.1, 0.15) is 11.9 Å². The molecule has 110 valence electrons. The Bertz CT molecular complexity index is 619. The Morgan fingerprint density at radius 1 is 1.33 bits per heavy atom. The minimum atomic E-state index is 0.0256. The van der Waals surface area contributed by atoms with Gasteiger partial charge in [-0.2, -0.15) is 0 Å². The van der Waals surface area contributed by atoms with E-state index in [4.69, 9.17) is 22.2 Å². The van der Waals surface area contributed by atoms with Crippen molar-refractivity contribution in [2.75, 3.05) is 0 Å². The molecular formula is C17H19ClN2O. The number of rotatable bonds is 4. The number of hydrogen-bond acceptors (Lipinski definition) is 3. The number of ether oxygens (including phenoxy) is 1. The van der Waals surface area contributed by atoms with Crippen LogP contribution in [0.1, 0.15) is 16.7 Å². The van der Waals surface area contributed by atoms with Crippen LogP contribution < -0.4 is 16.0 Å². The minimum absolute atomic E-state index is 0.0256. The summed E-state index contributed by atoms with van der Waals surface area (Å²) in [7, 11) is 0. The number of fused-ring (bicyclic) bond motifs is 1. The van der Waals surface area contributed by atoms with Crippen molar-refractivity contribution in [3.05, 3.63) is 64.2 Å². The minimum Gasteiger partial charge on any atom is -0.488 e. The molecule has 0 saturated carbocycles. The zero-order valence-electron chi connectivity index (χ0n) is 12.0. The van der Waals surface area contributed by atoms with Crippen molar-refractivity contribution in [2.24, 2.45) is 5.84 Å². The zero-order valence-corrected chi connectivity index (χ0v) is 12.7. The highest BCUT2D eigenvalue weighted by Crippen LogP contribution is 2.30. The van der Waals surface area contributed by atoms with Crippen LogP contribution in [0, 0.1) is 6.92 Å². The maximum Gasteiger partial charge on any atom is 0.123 e. The van der Waals surface area contributed by atoms with Crippen molar-refractivity contribution in [2.45, 2.75) is 31.9 Å². The van der Waals surface area contributed by atoms with Crippen molar-refractivity contribution in [1.82, 2.24) is 5.43 Å². The van der Waals surface area contributed by atoms with Gasteiger partial charge in [-0.3, -0.25) is 11.3 Å². The fraction of sp³-hybridized carbons (Fsp3) is 0.294. The van der Waals surface area contributed by atoms with Gasteiger partial charge < -0.3 is 4.74 Å². The van der Waals surface area contributed by atoms with Crippen LogP contribution in [0.2, 0.25) is 5.02 Å². The van der Waals surface area contributed by atoms with Gasteiger partial charge >= 0.3 is 0 Å². The Balaban J connectivity index is 1.75. The SMILES string of the molecule is Cc1ccc(CC(NN)C2Cc3ccccc3O2)c(Cl)c1. The molecule has 21 heavy (non-hydrogen) atoms. The van der Waals surface area contributed by atoms with E-state index >= 15 is 0 Å². The average molecular weight is 303 g/mol. The quantitative estimate of drug-likeness (QED) is 0.674. The first-order chi connectivity index (χ1) is 10.2. The lowest BCUT2D eigenvalue weighted by Gasteiger charge is -2.23. The van der Waals surface area contributed by atoms with E-state index in [-0.39, 0.29) is 12.1 Å². The molecular weight excluding hydrogens is 284 g/mol. The van der Waals surface area contributed by atoms with E-state index in [1.54, 1.807) is 0 Å². The topological polar surface area (TPSA) is 47.3 Å². The molecule has 0 fully saturated rings. The lowest BCUT2D eigenvalue weighted by Crippen LogP contribution is -2.47. The van der Waals surface area contributed by atoms with Gasteiger partial charge in [-0.1, -0.05) is 41.9 Å². The van der Waals surface area contributed by atoms with Gasteiger partial charge in [0.05, 0.1) is 6.04 Å². The Morgan fingerprint density at radius 2 is 2.14 bits per heavy atom. The number of aryl methyl sites for hydroxylation is 1. The highest BCUT2D eigenvalue weighted by Gasteiger charge is 2.30. The molecule has 0 bridgehead atoms. The smallest absolute Gasteiger partial charge is 0.123 e. The molecule has 1 heterocycles. The van der Waals surface area contributed by atoms with Gasteiger partial charge in [0, 0.05) is 11.4 Å². The highest BCUT2D eigenvalue weighted by atomic mass is 35.5. The molecule has 2 aromatic carbocycles. The zero-order chi connectivity index (χ0) is 14.8. The van der Waals surface area contributed by atoms with Crippen LogP contribution >= 0.6 is 11.6 Å². The van der Waals surface area contributed by atoms with Gasteiger partial charge in [0.15, 0.2) is 0 Å². The summed E-state index contributed by atoms with van der Waals surface area (Å²) in [6.07, 6.45) is 1.65. The Morgan fingerprint density at radius 3 is 2.86 bits per heavy atom. The maximum absolute atomic E-state index is 6.32. The molecule has 2 atom stereocenters. The van der Waals surface area contributed by atoms with Gasteiger partial charge in [0.25, 0.3) is 0 Å². The summed E-state index contributed by atoms with van der Waals surface area (Å²) in [4.78, 5) is 0. The third-order valence-corrected chi connectivity index (χ3v) is 4.34. The van der Waals surface area contributed by atoms with Gasteiger partial charge in [-0.25, -0.2) is 0 Å². The Hall–Kier alpha value is -1.55. The lowest BCUT2D eigenvalue weighted by molar-refractivity contribution is 0.177. The normalized spacial score (nSPS) is 18.1. The van der Waals surface area contributed by atoms with E-state index in [1.807, 2.05) is 31.2 Å². The molecule has 2 unspecified atom stereocenters. The molecule has 3 nitrogen and oxygen atoms in total. The first kappa shape index (κ1) is 14.4. The number of hydrogen-bond donors (Lipinski definition) is 2. The van der Waals surface area contributed by atoms with Crippen LogP contribution in [0.5, 0.6) is 5.75 Å². The molecule has 0 saturated heterocycles. The first-order valence-electron chi connectivity index (χ1n) is 7.13. The molecule has 3 rings (SSSR count). The number of para-hydroxylation sites is 1. The van der Waals surface area contributed by atoms with E-state index in [1.165, 1.54) is 5.56 Å². The van der Waals surface area contributed by atoms with Crippen LogP contribution in [0.25, 0.3) is 0 Å². The van der Waals surface area contributed by atoms with E-state index in [9.17, 15) is 0 Å². The number of benzene rings is 2. The molecule has 0 radical (unpaired) electrons. The van der Waals surface area contributed by atoms with Crippen LogP contribution in [0.15, 0.2) is 42.5 Å². The molecule has 2 aromatic rings. The van der Waals surface area contributed by atoms with E-state index in [2.05, 4.69) is 23.6 Å². The molecule has 4 heteroatoms. The number of halogens is 1. The summed E-state index contributed by atoms with van der Waals surface area (Å²) in [5.74, 6) is 6.70. The number of nitrogens with one attached hydrogen (secondary N) is 1. The van der Waals surface area contributed by atoms with E-state index in [0.717, 1.165) is 34.7 Å². The van der Waals surface area contributed by atoms with Crippen molar-refractivity contribution in [3.8, 4) is 5.75 Å². The van der Waals surface area contributed by atoms with Gasteiger partial charge in [-0.05, 0) is 42.2 Å². The summed E-state index contributed by atoms with van der Waals surface area (Å²) >= 11 is 6.32. The van der Waals surface area contributed by atoms with Crippen LogP contribution in [0.3, 0.4) is 0 Å². The van der Waals surface area contributed by atoms with Crippen molar-refractivity contribution < 1.29 is 4.74 Å². The second kappa shape index (κ2) is 6.06. The first-order valence-corrected chi connectivity index (χ1v) is 7.51. The molecule has 0 aliphatic carbocycles. The van der Waals surface area contributed by atoms with Crippen molar-refractivity contribution in [3.63, 3.8) is 0 Å². The number of nitrogens with two attached hydrogens (primary N) is 1. The molecule has 3 N–H and O–H groups in total. The second-order valence-electron chi connectivity index (χ2n) is 5.54. The summed E-state index contributed by atoms with van der Waals surface area (Å²) in [6.45, 7) is 2.03. The molecule has 0 aromatic heterocycles. The Kier molecular flexibility index (Phi) is 4.15. The fourth-order valence-corrected chi connectivity index (χ4v) is 3.10. The summed E-state index contributed by atoms with van der Waals surface area (Å²) in [5, 5.41) is 0.783. The summed E-state index contributed by atoms with van der Waals surface area (Å²) in [6, 6.07) is 14.3. The Labute approximate surface area is 130 Å². The average Bonchev–Trinajstić information content (AvgIpc) is 2.90.